The Balaban J connectivity index is 1.88. The molecule has 3 nitrogen and oxygen atoms in total. The van der Waals surface area contributed by atoms with Crippen molar-refractivity contribution in [2.75, 3.05) is 24.5 Å². The smallest absolute Gasteiger partial charge is 0.0366 e. The van der Waals surface area contributed by atoms with E-state index in [1.165, 1.54) is 17.7 Å². The quantitative estimate of drug-likeness (QED) is 0.756. The number of benzene rings is 1. The van der Waals surface area contributed by atoms with Crippen molar-refractivity contribution in [1.29, 1.82) is 0 Å². The maximum absolute atomic E-state index is 3.73. The number of anilines is 1. The Kier molecular flexibility index (Phi) is 6.93. The minimum atomic E-state index is 0.353. The molecule has 1 fully saturated rings. The predicted molar refractivity (Wildman–Crippen MR) is 110 cm³/mol. The van der Waals surface area contributed by atoms with Gasteiger partial charge in [-0.3, -0.25) is 0 Å². The van der Waals surface area contributed by atoms with Crippen molar-refractivity contribution in [2.45, 2.75) is 73.0 Å². The zero-order chi connectivity index (χ0) is 18.6. The highest BCUT2D eigenvalue weighted by Gasteiger charge is 2.24. The second-order valence-corrected chi connectivity index (χ2v) is 9.39. The molecule has 0 amide bonds. The number of nitrogens with one attached hydrogen (secondary N) is 2. The maximum Gasteiger partial charge on any atom is 0.0366 e. The Labute approximate surface area is 155 Å². The molecule has 2 rings (SSSR count). The first-order valence-corrected chi connectivity index (χ1v) is 10.00. The van der Waals surface area contributed by atoms with Gasteiger partial charge in [-0.1, -0.05) is 46.8 Å². The van der Waals surface area contributed by atoms with Gasteiger partial charge in [0.05, 0.1) is 0 Å². The highest BCUT2D eigenvalue weighted by molar-refractivity contribution is 5.49. The van der Waals surface area contributed by atoms with Gasteiger partial charge < -0.3 is 15.5 Å². The third-order valence-corrected chi connectivity index (χ3v) is 5.38. The highest BCUT2D eigenvalue weighted by Crippen LogP contribution is 2.24. The fourth-order valence-corrected chi connectivity index (χ4v) is 3.27. The second-order valence-electron chi connectivity index (χ2n) is 9.39. The minimum absolute atomic E-state index is 0.353. The molecule has 0 saturated carbocycles. The van der Waals surface area contributed by atoms with Gasteiger partial charge in [0.1, 0.15) is 0 Å². The lowest BCUT2D eigenvalue weighted by Gasteiger charge is -2.25. The van der Waals surface area contributed by atoms with Gasteiger partial charge in [0, 0.05) is 43.4 Å². The molecule has 0 aliphatic carbocycles. The summed E-state index contributed by atoms with van der Waals surface area (Å²) in [6, 6.07) is 10.7. The molecule has 1 aromatic carbocycles. The van der Waals surface area contributed by atoms with Crippen molar-refractivity contribution >= 4 is 5.69 Å². The summed E-state index contributed by atoms with van der Waals surface area (Å²) in [6.07, 6.45) is 1.24. The first kappa shape index (κ1) is 20.3. The van der Waals surface area contributed by atoms with Crippen LogP contribution in [0, 0.1) is 11.3 Å². The van der Waals surface area contributed by atoms with E-state index in [1.807, 2.05) is 0 Å². The molecular formula is C22H39N3. The minimum Gasteiger partial charge on any atom is -0.370 e. The summed E-state index contributed by atoms with van der Waals surface area (Å²) in [6.45, 7) is 19.3. The standard InChI is InChI=1S/C22H39N3/c1-16(2)17(3)24-18(4)19-8-10-21(11-9-19)25-13-12-20(14-25)23-15-22(5,6)7/h8-11,16-18,20,23-24H,12-15H2,1-7H3/t17?,18?,20-/m1/s1. The average molecular weight is 346 g/mol. The van der Waals surface area contributed by atoms with Crippen molar-refractivity contribution in [2.24, 2.45) is 11.3 Å². The second kappa shape index (κ2) is 8.55. The third-order valence-electron chi connectivity index (χ3n) is 5.38. The molecule has 2 N–H and O–H groups in total. The molecule has 0 spiro atoms. The molecule has 3 atom stereocenters. The van der Waals surface area contributed by atoms with Gasteiger partial charge in [0.2, 0.25) is 0 Å². The number of nitrogens with zero attached hydrogens (tertiary/aromatic N) is 1. The van der Waals surface area contributed by atoms with E-state index in [-0.39, 0.29) is 0 Å². The zero-order valence-electron chi connectivity index (χ0n) is 17.4. The number of hydrogen-bond acceptors (Lipinski definition) is 3. The molecule has 25 heavy (non-hydrogen) atoms. The van der Waals surface area contributed by atoms with E-state index in [4.69, 9.17) is 0 Å². The SMILES string of the molecule is CC(NC(C)C(C)C)c1ccc(N2CC[C@@H](NCC(C)(C)C)C2)cc1. The summed E-state index contributed by atoms with van der Waals surface area (Å²) in [5.41, 5.74) is 3.08. The van der Waals surface area contributed by atoms with Gasteiger partial charge in [0.15, 0.2) is 0 Å². The largest absolute Gasteiger partial charge is 0.370 e. The van der Waals surface area contributed by atoms with Gasteiger partial charge in [-0.2, -0.15) is 0 Å². The summed E-state index contributed by atoms with van der Waals surface area (Å²) in [5.74, 6) is 0.656. The average Bonchev–Trinajstić information content (AvgIpc) is 3.01. The van der Waals surface area contributed by atoms with Crippen molar-refractivity contribution in [3.8, 4) is 0 Å². The Hall–Kier alpha value is -1.06. The van der Waals surface area contributed by atoms with Crippen molar-refractivity contribution in [3.63, 3.8) is 0 Å². The summed E-state index contributed by atoms with van der Waals surface area (Å²) in [5, 5.41) is 7.43. The van der Waals surface area contributed by atoms with Gasteiger partial charge in [-0.25, -0.2) is 0 Å². The molecule has 0 bridgehead atoms. The summed E-state index contributed by atoms with van der Waals surface area (Å²) < 4.78 is 0. The molecule has 0 aromatic heterocycles. The van der Waals surface area contributed by atoms with E-state index < -0.39 is 0 Å². The monoisotopic (exact) mass is 345 g/mol. The molecule has 3 heteroatoms. The molecule has 2 unspecified atom stereocenters. The zero-order valence-corrected chi connectivity index (χ0v) is 17.4. The first-order valence-electron chi connectivity index (χ1n) is 10.00. The van der Waals surface area contributed by atoms with Crippen molar-refractivity contribution in [1.82, 2.24) is 10.6 Å². The Bertz CT molecular complexity index is 515. The van der Waals surface area contributed by atoms with E-state index in [9.17, 15) is 0 Å². The van der Waals surface area contributed by atoms with Crippen LogP contribution < -0.4 is 15.5 Å². The van der Waals surface area contributed by atoms with Crippen molar-refractivity contribution in [3.05, 3.63) is 29.8 Å². The van der Waals surface area contributed by atoms with Gasteiger partial charge in [-0.15, -0.1) is 0 Å². The predicted octanol–water partition coefficient (Wildman–Crippen LogP) is 4.60. The molecule has 0 radical (unpaired) electrons. The van der Waals surface area contributed by atoms with Crippen LogP contribution in [-0.2, 0) is 0 Å². The lowest BCUT2D eigenvalue weighted by Crippen LogP contribution is -2.37. The van der Waals surface area contributed by atoms with Crippen LogP contribution >= 0.6 is 0 Å². The van der Waals surface area contributed by atoms with Crippen LogP contribution in [0.2, 0.25) is 0 Å². The molecule has 1 saturated heterocycles. The number of hydrogen-bond donors (Lipinski definition) is 2. The summed E-state index contributed by atoms with van der Waals surface area (Å²) >= 11 is 0. The van der Waals surface area contributed by atoms with Crippen LogP contribution in [0.1, 0.15) is 66.5 Å². The van der Waals surface area contributed by atoms with E-state index in [0.717, 1.165) is 19.6 Å². The molecule has 1 heterocycles. The highest BCUT2D eigenvalue weighted by atomic mass is 15.2. The lowest BCUT2D eigenvalue weighted by atomic mass is 9.96. The Morgan fingerprint density at radius 3 is 2.28 bits per heavy atom. The van der Waals surface area contributed by atoms with E-state index in [0.29, 0.717) is 29.5 Å². The van der Waals surface area contributed by atoms with Crippen LogP contribution in [0.4, 0.5) is 5.69 Å². The van der Waals surface area contributed by atoms with Crippen LogP contribution in [0.15, 0.2) is 24.3 Å². The lowest BCUT2D eigenvalue weighted by molar-refractivity contribution is 0.357. The molecule has 1 aromatic rings. The maximum atomic E-state index is 3.73. The van der Waals surface area contributed by atoms with Gasteiger partial charge in [-0.05, 0) is 49.3 Å². The van der Waals surface area contributed by atoms with E-state index >= 15 is 0 Å². The Morgan fingerprint density at radius 1 is 1.08 bits per heavy atom. The van der Waals surface area contributed by atoms with Gasteiger partial charge in [0.25, 0.3) is 0 Å². The topological polar surface area (TPSA) is 27.3 Å². The third kappa shape index (κ3) is 6.31. The normalized spacial score (nSPS) is 21.0. The van der Waals surface area contributed by atoms with Crippen LogP contribution in [0.25, 0.3) is 0 Å². The van der Waals surface area contributed by atoms with Crippen LogP contribution in [0.3, 0.4) is 0 Å². The molecule has 1 aliphatic heterocycles. The summed E-state index contributed by atoms with van der Waals surface area (Å²) in [7, 11) is 0. The molecular weight excluding hydrogens is 306 g/mol. The fraction of sp³-hybridized carbons (Fsp3) is 0.727. The number of rotatable bonds is 7. The molecule has 142 valence electrons. The van der Waals surface area contributed by atoms with Crippen LogP contribution in [0.5, 0.6) is 0 Å². The summed E-state index contributed by atoms with van der Waals surface area (Å²) in [4.78, 5) is 2.51. The van der Waals surface area contributed by atoms with Gasteiger partial charge >= 0.3 is 0 Å². The Morgan fingerprint density at radius 2 is 1.72 bits per heavy atom. The molecule has 1 aliphatic rings. The van der Waals surface area contributed by atoms with E-state index in [2.05, 4.69) is 88.3 Å². The van der Waals surface area contributed by atoms with Crippen molar-refractivity contribution < 1.29 is 0 Å². The first-order chi connectivity index (χ1) is 11.7. The fourth-order valence-electron chi connectivity index (χ4n) is 3.27. The van der Waals surface area contributed by atoms with Crippen LogP contribution in [-0.4, -0.2) is 31.7 Å². The van der Waals surface area contributed by atoms with E-state index in [1.54, 1.807) is 0 Å².